The standard InChI is InChI=1S/C16H19N3OS/c1-20-13-7-5-12(6-8-13)16-17-14(11-15(18-16)21-2)19-9-3-4-10-19/h5-8,11H,3-4,9-10H2,1-2H3. The molecule has 4 nitrogen and oxygen atoms in total. The topological polar surface area (TPSA) is 38.2 Å². The fourth-order valence-corrected chi connectivity index (χ4v) is 2.90. The average Bonchev–Trinajstić information content (AvgIpc) is 3.09. The Morgan fingerprint density at radius 1 is 1.10 bits per heavy atom. The maximum Gasteiger partial charge on any atom is 0.162 e. The van der Waals surface area contributed by atoms with Crippen LogP contribution in [0.2, 0.25) is 0 Å². The van der Waals surface area contributed by atoms with E-state index in [9.17, 15) is 0 Å². The number of ether oxygens (including phenoxy) is 1. The van der Waals surface area contributed by atoms with Crippen LogP contribution in [0.3, 0.4) is 0 Å². The highest BCUT2D eigenvalue weighted by molar-refractivity contribution is 7.98. The third-order valence-corrected chi connectivity index (χ3v) is 4.30. The van der Waals surface area contributed by atoms with Crippen molar-refractivity contribution in [2.24, 2.45) is 0 Å². The maximum atomic E-state index is 5.20. The number of nitrogens with zero attached hydrogens (tertiary/aromatic N) is 3. The SMILES string of the molecule is COc1ccc(-c2nc(SC)cc(N3CCCC3)n2)cc1. The van der Waals surface area contributed by atoms with Crippen LogP contribution in [0.1, 0.15) is 12.8 Å². The summed E-state index contributed by atoms with van der Waals surface area (Å²) >= 11 is 1.66. The fourth-order valence-electron chi connectivity index (χ4n) is 2.49. The number of hydrogen-bond acceptors (Lipinski definition) is 5. The summed E-state index contributed by atoms with van der Waals surface area (Å²) in [6.07, 6.45) is 4.54. The molecule has 0 N–H and O–H groups in total. The van der Waals surface area contributed by atoms with Gasteiger partial charge in [0.05, 0.1) is 7.11 Å². The molecule has 0 radical (unpaired) electrons. The number of methoxy groups -OCH3 is 1. The van der Waals surface area contributed by atoms with E-state index in [4.69, 9.17) is 9.72 Å². The second-order valence-electron chi connectivity index (χ2n) is 5.01. The molecule has 1 aliphatic rings. The molecule has 0 aliphatic carbocycles. The van der Waals surface area contributed by atoms with Crippen LogP contribution in [0.4, 0.5) is 5.82 Å². The molecule has 0 unspecified atom stereocenters. The Bertz CT molecular complexity index is 609. The van der Waals surface area contributed by atoms with Crippen molar-refractivity contribution in [3.05, 3.63) is 30.3 Å². The molecule has 1 fully saturated rings. The van der Waals surface area contributed by atoms with Gasteiger partial charge in [0.25, 0.3) is 0 Å². The van der Waals surface area contributed by atoms with Crippen molar-refractivity contribution in [3.8, 4) is 17.1 Å². The van der Waals surface area contributed by atoms with E-state index in [0.717, 1.165) is 41.1 Å². The summed E-state index contributed by atoms with van der Waals surface area (Å²) < 4.78 is 5.20. The monoisotopic (exact) mass is 301 g/mol. The van der Waals surface area contributed by atoms with Crippen molar-refractivity contribution in [1.29, 1.82) is 0 Å². The van der Waals surface area contributed by atoms with Crippen molar-refractivity contribution in [3.63, 3.8) is 0 Å². The summed E-state index contributed by atoms with van der Waals surface area (Å²) in [5, 5.41) is 1.01. The van der Waals surface area contributed by atoms with Crippen molar-refractivity contribution in [1.82, 2.24) is 9.97 Å². The number of hydrogen-bond donors (Lipinski definition) is 0. The van der Waals surface area contributed by atoms with E-state index in [-0.39, 0.29) is 0 Å². The van der Waals surface area contributed by atoms with Crippen molar-refractivity contribution >= 4 is 17.6 Å². The van der Waals surface area contributed by atoms with E-state index >= 15 is 0 Å². The van der Waals surface area contributed by atoms with Crippen LogP contribution < -0.4 is 9.64 Å². The number of benzene rings is 1. The lowest BCUT2D eigenvalue weighted by atomic mass is 10.2. The molecule has 0 saturated carbocycles. The van der Waals surface area contributed by atoms with E-state index in [2.05, 4.69) is 16.0 Å². The second kappa shape index (κ2) is 6.35. The first-order valence-electron chi connectivity index (χ1n) is 7.12. The van der Waals surface area contributed by atoms with Crippen molar-refractivity contribution in [2.45, 2.75) is 17.9 Å². The van der Waals surface area contributed by atoms with E-state index < -0.39 is 0 Å². The fraction of sp³-hybridized carbons (Fsp3) is 0.375. The normalized spacial score (nSPS) is 14.5. The molecule has 1 saturated heterocycles. The molecule has 110 valence electrons. The van der Waals surface area contributed by atoms with Gasteiger partial charge in [-0.2, -0.15) is 0 Å². The molecule has 0 spiro atoms. The molecule has 5 heteroatoms. The van der Waals surface area contributed by atoms with Crippen LogP contribution in [-0.4, -0.2) is 36.4 Å². The minimum absolute atomic E-state index is 0.784. The lowest BCUT2D eigenvalue weighted by Crippen LogP contribution is -2.19. The quantitative estimate of drug-likeness (QED) is 0.638. The molecule has 3 rings (SSSR count). The van der Waals surface area contributed by atoms with Gasteiger partial charge in [-0.1, -0.05) is 0 Å². The first kappa shape index (κ1) is 14.2. The summed E-state index contributed by atoms with van der Waals surface area (Å²) in [5.41, 5.74) is 1.02. The molecule has 1 aromatic heterocycles. The molecular weight excluding hydrogens is 282 g/mol. The van der Waals surface area contributed by atoms with Crippen LogP contribution in [-0.2, 0) is 0 Å². The number of thioether (sulfide) groups is 1. The molecule has 0 atom stereocenters. The summed E-state index contributed by atoms with van der Waals surface area (Å²) in [5.74, 6) is 2.67. The Hall–Kier alpha value is -1.75. The Kier molecular flexibility index (Phi) is 4.29. The maximum absolute atomic E-state index is 5.20. The van der Waals surface area contributed by atoms with E-state index in [0.29, 0.717) is 0 Å². The molecule has 0 bridgehead atoms. The van der Waals surface area contributed by atoms with Gasteiger partial charge in [0.15, 0.2) is 5.82 Å². The van der Waals surface area contributed by atoms with E-state index in [1.54, 1.807) is 18.9 Å². The predicted octanol–water partition coefficient (Wildman–Crippen LogP) is 3.47. The van der Waals surface area contributed by atoms with Crippen LogP contribution in [0, 0.1) is 0 Å². The summed E-state index contributed by atoms with van der Waals surface area (Å²) in [6, 6.07) is 9.99. The minimum atomic E-state index is 0.784. The summed E-state index contributed by atoms with van der Waals surface area (Å²) in [7, 11) is 1.67. The number of anilines is 1. The van der Waals surface area contributed by atoms with Gasteiger partial charge in [-0.3, -0.25) is 0 Å². The predicted molar refractivity (Wildman–Crippen MR) is 87.2 cm³/mol. The van der Waals surface area contributed by atoms with Gasteiger partial charge in [-0.25, -0.2) is 9.97 Å². The Balaban J connectivity index is 1.97. The molecule has 0 amide bonds. The summed E-state index contributed by atoms with van der Waals surface area (Å²) in [6.45, 7) is 2.18. The Labute approximate surface area is 129 Å². The third-order valence-electron chi connectivity index (χ3n) is 3.68. The zero-order valence-corrected chi connectivity index (χ0v) is 13.2. The van der Waals surface area contributed by atoms with Gasteiger partial charge < -0.3 is 9.64 Å². The van der Waals surface area contributed by atoms with Crippen LogP contribution in [0.25, 0.3) is 11.4 Å². The highest BCUT2D eigenvalue weighted by Crippen LogP contribution is 2.27. The zero-order valence-electron chi connectivity index (χ0n) is 12.4. The van der Waals surface area contributed by atoms with Gasteiger partial charge in [-0.05, 0) is 43.4 Å². The highest BCUT2D eigenvalue weighted by atomic mass is 32.2. The van der Waals surface area contributed by atoms with Gasteiger partial charge in [-0.15, -0.1) is 11.8 Å². The smallest absolute Gasteiger partial charge is 0.162 e. The molecule has 2 aromatic rings. The van der Waals surface area contributed by atoms with E-state index in [1.807, 2.05) is 30.5 Å². The van der Waals surface area contributed by atoms with Gasteiger partial charge in [0.1, 0.15) is 16.6 Å². The number of aromatic nitrogens is 2. The molecule has 2 heterocycles. The Morgan fingerprint density at radius 3 is 2.43 bits per heavy atom. The first-order valence-corrected chi connectivity index (χ1v) is 8.35. The Morgan fingerprint density at radius 2 is 1.81 bits per heavy atom. The van der Waals surface area contributed by atoms with Crippen LogP contribution in [0.5, 0.6) is 5.75 Å². The van der Waals surface area contributed by atoms with Crippen LogP contribution >= 0.6 is 11.8 Å². The molecule has 1 aliphatic heterocycles. The molecule has 21 heavy (non-hydrogen) atoms. The van der Waals surface area contributed by atoms with Gasteiger partial charge >= 0.3 is 0 Å². The third kappa shape index (κ3) is 3.13. The average molecular weight is 301 g/mol. The minimum Gasteiger partial charge on any atom is -0.497 e. The van der Waals surface area contributed by atoms with Crippen molar-refractivity contribution in [2.75, 3.05) is 31.4 Å². The molecular formula is C16H19N3OS. The highest BCUT2D eigenvalue weighted by Gasteiger charge is 2.16. The molecule has 1 aromatic carbocycles. The van der Waals surface area contributed by atoms with Crippen LogP contribution in [0.15, 0.2) is 35.4 Å². The first-order chi connectivity index (χ1) is 10.3. The summed E-state index contributed by atoms with van der Waals surface area (Å²) in [4.78, 5) is 11.7. The van der Waals surface area contributed by atoms with Gasteiger partial charge in [0.2, 0.25) is 0 Å². The largest absolute Gasteiger partial charge is 0.497 e. The van der Waals surface area contributed by atoms with Gasteiger partial charge in [0, 0.05) is 24.7 Å². The second-order valence-corrected chi connectivity index (χ2v) is 5.84. The number of rotatable bonds is 4. The lowest BCUT2D eigenvalue weighted by molar-refractivity contribution is 0.415. The van der Waals surface area contributed by atoms with Crippen molar-refractivity contribution < 1.29 is 4.74 Å². The lowest BCUT2D eigenvalue weighted by Gasteiger charge is -2.17. The zero-order chi connectivity index (χ0) is 14.7. The van der Waals surface area contributed by atoms with E-state index in [1.165, 1.54) is 12.8 Å².